The van der Waals surface area contributed by atoms with Gasteiger partial charge in [0.05, 0.1) is 7.11 Å². The molecule has 5 rings (SSSR count). The summed E-state index contributed by atoms with van der Waals surface area (Å²) in [6.07, 6.45) is 11.6. The van der Waals surface area contributed by atoms with E-state index in [1.54, 1.807) is 7.11 Å². The molecule has 5 aromatic rings. The fraction of sp³-hybridized carbons (Fsp3) is 0.508. The summed E-state index contributed by atoms with van der Waals surface area (Å²) >= 11 is 11.7. The molecule has 380 valence electrons. The van der Waals surface area contributed by atoms with E-state index in [4.69, 9.17) is 27.9 Å². The van der Waals surface area contributed by atoms with Crippen LogP contribution < -0.4 is 4.74 Å². The van der Waals surface area contributed by atoms with Crippen molar-refractivity contribution in [3.8, 4) is 5.75 Å². The molecule has 1 nitrogen and oxygen atoms in total. The van der Waals surface area contributed by atoms with Gasteiger partial charge in [0, 0.05) is 10.0 Å². The Labute approximate surface area is 431 Å². The van der Waals surface area contributed by atoms with Crippen molar-refractivity contribution in [1.29, 1.82) is 0 Å². The average Bonchev–Trinajstić information content (AvgIpc) is 3.25. The first-order valence-corrected chi connectivity index (χ1v) is 26.6. The number of halogens is 2. The Bertz CT molecular complexity index is 1830. The van der Waals surface area contributed by atoms with E-state index in [-0.39, 0.29) is 0 Å². The molecule has 68 heavy (non-hydrogen) atoms. The fourth-order valence-corrected chi connectivity index (χ4v) is 7.08. The van der Waals surface area contributed by atoms with Crippen LogP contribution in [0.1, 0.15) is 162 Å². The number of rotatable bonds is 15. The van der Waals surface area contributed by atoms with Gasteiger partial charge in [-0.2, -0.15) is 0 Å². The molecular formula is C65H100Cl2O. The normalized spacial score (nSPS) is 10.3. The number of hydrogen-bond donors (Lipinski definition) is 0. The Balaban J connectivity index is 0. The van der Waals surface area contributed by atoms with Gasteiger partial charge >= 0.3 is 0 Å². The highest BCUT2D eigenvalue weighted by Gasteiger charge is 2.01. The Kier molecular flexibility index (Phi) is 40.0. The van der Waals surface area contributed by atoms with Gasteiger partial charge in [0.15, 0.2) is 0 Å². The smallest absolute Gasteiger partial charge is 0.118 e. The second-order valence-electron chi connectivity index (χ2n) is 21.1. The van der Waals surface area contributed by atoms with E-state index < -0.39 is 0 Å². The van der Waals surface area contributed by atoms with Gasteiger partial charge in [0.2, 0.25) is 0 Å². The van der Waals surface area contributed by atoms with Gasteiger partial charge in [-0.15, -0.1) is 6.58 Å². The fourth-order valence-electron chi connectivity index (χ4n) is 6.75. The van der Waals surface area contributed by atoms with Crippen LogP contribution in [0.25, 0.3) is 0 Å². The SMILES string of the molecule is C=CCC(C)C.CC(C)Cc1ccc(Cl)cc1.CC(C)Cc1ccccc1.CCCC(C)C.COc1ccc(CC(C)C)cc1.Cc1ccc(CC(C)C)cc1.Cc1ccc(CC(C)C)cc1Cl. The van der Waals surface area contributed by atoms with Crippen LogP contribution in [-0.2, 0) is 32.1 Å². The van der Waals surface area contributed by atoms with E-state index in [0.717, 1.165) is 82.5 Å². The summed E-state index contributed by atoms with van der Waals surface area (Å²) < 4.78 is 5.07. The molecule has 5 aromatic carbocycles. The quantitative estimate of drug-likeness (QED) is 0.0950. The molecule has 0 heterocycles. The maximum absolute atomic E-state index is 6.00. The lowest BCUT2D eigenvalue weighted by molar-refractivity contribution is 0.414. The number of aryl methyl sites for hydroxylation is 2. The number of allylic oxidation sites excluding steroid dienone is 1. The first-order chi connectivity index (χ1) is 32.0. The minimum atomic E-state index is 0.698. The van der Waals surface area contributed by atoms with E-state index in [1.165, 1.54) is 59.1 Å². The molecule has 0 aliphatic rings. The number of methoxy groups -OCH3 is 1. The summed E-state index contributed by atoms with van der Waals surface area (Å²) in [7, 11) is 1.69. The van der Waals surface area contributed by atoms with E-state index in [9.17, 15) is 0 Å². The van der Waals surface area contributed by atoms with Crippen molar-refractivity contribution in [3.63, 3.8) is 0 Å². The molecule has 0 bridgehead atoms. The molecule has 0 atom stereocenters. The highest BCUT2D eigenvalue weighted by Crippen LogP contribution is 2.19. The molecule has 0 saturated carbocycles. The largest absolute Gasteiger partial charge is 0.497 e. The van der Waals surface area contributed by atoms with E-state index >= 15 is 0 Å². The Morgan fingerprint density at radius 3 is 1.13 bits per heavy atom. The van der Waals surface area contributed by atoms with Crippen molar-refractivity contribution in [2.45, 2.75) is 169 Å². The van der Waals surface area contributed by atoms with E-state index in [1.807, 2.05) is 37.3 Å². The predicted molar refractivity (Wildman–Crippen MR) is 310 cm³/mol. The van der Waals surface area contributed by atoms with Crippen molar-refractivity contribution >= 4 is 23.2 Å². The van der Waals surface area contributed by atoms with Gasteiger partial charge < -0.3 is 4.74 Å². The maximum atomic E-state index is 6.00. The zero-order chi connectivity index (χ0) is 52.0. The molecule has 0 aromatic heterocycles. The molecule has 0 aliphatic carbocycles. The van der Waals surface area contributed by atoms with Gasteiger partial charge in [-0.25, -0.2) is 0 Å². The van der Waals surface area contributed by atoms with Gasteiger partial charge in [0.1, 0.15) is 5.75 Å². The van der Waals surface area contributed by atoms with Crippen LogP contribution in [0, 0.1) is 55.3 Å². The van der Waals surface area contributed by atoms with Crippen LogP contribution >= 0.6 is 23.2 Å². The summed E-state index contributed by atoms with van der Waals surface area (Å²) in [5.41, 5.74) is 9.47. The second-order valence-corrected chi connectivity index (χ2v) is 22.0. The van der Waals surface area contributed by atoms with Crippen LogP contribution in [0.2, 0.25) is 10.0 Å². The summed E-state index contributed by atoms with van der Waals surface area (Å²) in [5.74, 6) is 6.28. The molecule has 0 saturated heterocycles. The molecule has 0 radical (unpaired) electrons. The third-order valence-electron chi connectivity index (χ3n) is 10.00. The second kappa shape index (κ2) is 41.0. The summed E-state index contributed by atoms with van der Waals surface area (Å²) in [6, 6.07) is 42.0. The van der Waals surface area contributed by atoms with E-state index in [0.29, 0.717) is 5.92 Å². The summed E-state index contributed by atoms with van der Waals surface area (Å²) in [4.78, 5) is 0. The number of hydrogen-bond acceptors (Lipinski definition) is 1. The number of benzene rings is 5. The lowest BCUT2D eigenvalue weighted by Crippen LogP contribution is -1.93. The molecule has 0 aliphatic heterocycles. The van der Waals surface area contributed by atoms with Crippen molar-refractivity contribution in [2.75, 3.05) is 7.11 Å². The van der Waals surface area contributed by atoms with E-state index in [2.05, 4.69) is 214 Å². The highest BCUT2D eigenvalue weighted by atomic mass is 35.5. The summed E-state index contributed by atoms with van der Waals surface area (Å²) in [6.45, 7) is 41.2. The van der Waals surface area contributed by atoms with Gasteiger partial charge in [0.25, 0.3) is 0 Å². The standard InChI is InChI=1S/C11H15Cl.C11H16O.C11H16.C10H13Cl.C10H14.C6H14.C6H12/c1-8(2)6-10-5-4-9(3)11(12)7-10;1-9(2)8-10-4-6-11(12-3)7-5-10;1-9(2)8-11-6-4-10(3)5-7-11;1-8(2)7-9-3-5-10(11)6-4-9;1-9(2)8-10-6-4-3-5-7-10;2*1-4-5-6(2)3/h4-5,7-8H,6H2,1-3H3;4-7,9H,8H2,1-3H3;4-7,9H,8H2,1-3H3;3-6,8H,7H2,1-2H3;3-7,9H,8H2,1-2H3;6H,4-5H2,1-3H3;4,6H,1,5H2,2-3H3. The van der Waals surface area contributed by atoms with Crippen molar-refractivity contribution in [1.82, 2.24) is 0 Å². The van der Waals surface area contributed by atoms with Crippen molar-refractivity contribution < 1.29 is 4.74 Å². The van der Waals surface area contributed by atoms with Crippen LogP contribution in [-0.4, -0.2) is 7.11 Å². The zero-order valence-electron chi connectivity index (χ0n) is 46.7. The first kappa shape index (κ1) is 66.3. The van der Waals surface area contributed by atoms with Gasteiger partial charge in [-0.1, -0.05) is 243 Å². The molecular weight excluding hydrogens is 868 g/mol. The predicted octanol–water partition coefficient (Wildman–Crippen LogP) is 21.0. The zero-order valence-corrected chi connectivity index (χ0v) is 48.2. The van der Waals surface area contributed by atoms with Crippen LogP contribution in [0.15, 0.2) is 134 Å². The monoisotopic (exact) mass is 967 g/mol. The van der Waals surface area contributed by atoms with Gasteiger partial charge in [-0.05, 0) is 158 Å². The molecule has 0 N–H and O–H groups in total. The Morgan fingerprint density at radius 2 is 0.824 bits per heavy atom. The average molecular weight is 968 g/mol. The van der Waals surface area contributed by atoms with Crippen LogP contribution in [0.4, 0.5) is 0 Å². The molecule has 0 unspecified atom stereocenters. The Hall–Kier alpha value is -3.78. The lowest BCUT2D eigenvalue weighted by atomic mass is 10.0. The molecule has 0 amide bonds. The van der Waals surface area contributed by atoms with Gasteiger partial charge in [-0.3, -0.25) is 0 Å². The number of ether oxygens (including phenoxy) is 1. The molecule has 0 spiro atoms. The topological polar surface area (TPSA) is 9.23 Å². The highest BCUT2D eigenvalue weighted by molar-refractivity contribution is 6.31. The minimum absolute atomic E-state index is 0.698. The minimum Gasteiger partial charge on any atom is -0.497 e. The molecule has 0 fully saturated rings. The third-order valence-corrected chi connectivity index (χ3v) is 10.7. The first-order valence-electron chi connectivity index (χ1n) is 25.8. The van der Waals surface area contributed by atoms with Crippen molar-refractivity contribution in [2.24, 2.45) is 41.4 Å². The lowest BCUT2D eigenvalue weighted by Gasteiger charge is -2.06. The van der Waals surface area contributed by atoms with Crippen molar-refractivity contribution in [3.05, 3.63) is 183 Å². The Morgan fingerprint density at radius 1 is 0.456 bits per heavy atom. The summed E-state index contributed by atoms with van der Waals surface area (Å²) in [5, 5.41) is 1.70. The third kappa shape index (κ3) is 41.2. The molecule has 3 heteroatoms. The maximum Gasteiger partial charge on any atom is 0.118 e. The van der Waals surface area contributed by atoms with Crippen LogP contribution in [0.5, 0.6) is 5.75 Å². The van der Waals surface area contributed by atoms with Crippen LogP contribution in [0.3, 0.4) is 0 Å².